The number of benzene rings is 2. The van der Waals surface area contributed by atoms with E-state index in [1.165, 1.54) is 10.4 Å². The highest BCUT2D eigenvalue weighted by Gasteiger charge is 2.28. The number of rotatable bonds is 5. The molecule has 1 aromatic heterocycles. The molecule has 0 fully saturated rings. The second-order valence-corrected chi connectivity index (χ2v) is 7.02. The van der Waals surface area contributed by atoms with E-state index in [2.05, 4.69) is 64.9 Å². The van der Waals surface area contributed by atoms with Gasteiger partial charge in [0.05, 0.1) is 29.4 Å². The van der Waals surface area contributed by atoms with Crippen LogP contribution in [0.1, 0.15) is 22.0 Å². The molecule has 0 aliphatic carbocycles. The van der Waals surface area contributed by atoms with Crippen molar-refractivity contribution >= 4 is 22.7 Å². The molecule has 0 radical (unpaired) electrons. The topological polar surface area (TPSA) is 24.5 Å². The Balaban J connectivity index is 1.70. The van der Waals surface area contributed by atoms with Gasteiger partial charge in [0.1, 0.15) is 5.75 Å². The van der Waals surface area contributed by atoms with Gasteiger partial charge in [-0.3, -0.25) is 10.4 Å². The number of hydrogen-bond donors (Lipinski definition) is 1. The lowest BCUT2D eigenvalue weighted by molar-refractivity contribution is 0.322. The Morgan fingerprint density at radius 2 is 1.81 bits per heavy atom. The number of ether oxygens (including phenoxy) is 1. The Hall–Kier alpha value is -2.98. The van der Waals surface area contributed by atoms with E-state index in [1.807, 2.05) is 30.3 Å². The van der Waals surface area contributed by atoms with Gasteiger partial charge < -0.3 is 4.74 Å². The molecule has 3 nitrogen and oxygen atoms in total. The van der Waals surface area contributed by atoms with Crippen molar-refractivity contribution in [1.82, 2.24) is 10.4 Å². The van der Waals surface area contributed by atoms with Gasteiger partial charge in [-0.2, -0.15) is 0 Å². The fraction of sp³-hybridized carbons (Fsp3) is 0.0909. The maximum atomic E-state index is 5.29. The minimum absolute atomic E-state index is 0.0608. The molecular formula is C22H20N2OS. The molecule has 130 valence electrons. The van der Waals surface area contributed by atoms with E-state index in [-0.39, 0.29) is 6.04 Å². The predicted molar refractivity (Wildman–Crippen MR) is 108 cm³/mol. The lowest BCUT2D eigenvalue weighted by atomic mass is 10.0. The third-order valence-corrected chi connectivity index (χ3v) is 5.39. The molecule has 2 aromatic carbocycles. The third kappa shape index (κ3) is 3.11. The van der Waals surface area contributed by atoms with Crippen LogP contribution in [0.15, 0.2) is 84.8 Å². The predicted octanol–water partition coefficient (Wildman–Crippen LogP) is 5.33. The summed E-state index contributed by atoms with van der Waals surface area (Å²) in [7, 11) is 1.69. The molecule has 1 aliphatic heterocycles. The van der Waals surface area contributed by atoms with Crippen LogP contribution in [0.25, 0.3) is 11.4 Å². The molecule has 4 heteroatoms. The van der Waals surface area contributed by atoms with Crippen LogP contribution in [0.2, 0.25) is 0 Å². The summed E-state index contributed by atoms with van der Waals surface area (Å²) < 4.78 is 5.29. The smallest absolute Gasteiger partial charge is 0.118 e. The maximum Gasteiger partial charge on any atom is 0.118 e. The van der Waals surface area contributed by atoms with Gasteiger partial charge in [0.15, 0.2) is 0 Å². The van der Waals surface area contributed by atoms with Crippen LogP contribution >= 0.6 is 11.3 Å². The molecule has 0 saturated carbocycles. The van der Waals surface area contributed by atoms with Crippen LogP contribution < -0.4 is 10.2 Å². The van der Waals surface area contributed by atoms with Gasteiger partial charge in [-0.1, -0.05) is 55.1 Å². The lowest BCUT2D eigenvalue weighted by Crippen LogP contribution is -2.32. The van der Waals surface area contributed by atoms with Crippen molar-refractivity contribution in [2.24, 2.45) is 0 Å². The van der Waals surface area contributed by atoms with Gasteiger partial charge in [0.2, 0.25) is 0 Å². The Morgan fingerprint density at radius 3 is 2.46 bits per heavy atom. The van der Waals surface area contributed by atoms with Gasteiger partial charge in [-0.05, 0) is 40.8 Å². The van der Waals surface area contributed by atoms with E-state index >= 15 is 0 Å². The second kappa shape index (κ2) is 7.10. The van der Waals surface area contributed by atoms with E-state index in [4.69, 9.17) is 4.74 Å². The first-order valence-electron chi connectivity index (χ1n) is 8.46. The Morgan fingerprint density at radius 1 is 1.04 bits per heavy atom. The van der Waals surface area contributed by atoms with Crippen molar-refractivity contribution in [2.45, 2.75) is 6.04 Å². The van der Waals surface area contributed by atoms with E-state index in [1.54, 1.807) is 18.4 Å². The summed E-state index contributed by atoms with van der Waals surface area (Å²) in [6.45, 7) is 4.34. The van der Waals surface area contributed by atoms with E-state index < -0.39 is 0 Å². The monoisotopic (exact) mass is 360 g/mol. The van der Waals surface area contributed by atoms with Crippen LogP contribution in [0.3, 0.4) is 0 Å². The molecule has 3 aromatic rings. The number of hydrogen-bond acceptors (Lipinski definition) is 4. The van der Waals surface area contributed by atoms with Crippen molar-refractivity contribution in [3.8, 4) is 5.75 Å². The lowest BCUT2D eigenvalue weighted by Gasteiger charge is -2.29. The molecule has 0 spiro atoms. The second-order valence-electron chi connectivity index (χ2n) is 6.07. The minimum atomic E-state index is 0.0608. The van der Waals surface area contributed by atoms with Crippen molar-refractivity contribution in [1.29, 1.82) is 0 Å². The van der Waals surface area contributed by atoms with Crippen molar-refractivity contribution < 1.29 is 4.74 Å². The molecule has 1 unspecified atom stereocenters. The summed E-state index contributed by atoms with van der Waals surface area (Å²) in [5, 5.41) is 4.22. The van der Waals surface area contributed by atoms with Crippen LogP contribution in [0, 0.1) is 0 Å². The van der Waals surface area contributed by atoms with Crippen LogP contribution in [0.4, 0.5) is 0 Å². The van der Waals surface area contributed by atoms with Crippen LogP contribution in [-0.2, 0) is 0 Å². The molecule has 0 bridgehead atoms. The average molecular weight is 360 g/mol. The van der Waals surface area contributed by atoms with E-state index in [0.29, 0.717) is 0 Å². The molecule has 0 amide bonds. The van der Waals surface area contributed by atoms with E-state index in [0.717, 1.165) is 22.7 Å². The fourth-order valence-corrected chi connectivity index (χ4v) is 3.79. The molecule has 1 atom stereocenters. The molecule has 2 heterocycles. The normalized spacial score (nSPS) is 16.1. The molecule has 1 N–H and O–H groups in total. The summed E-state index contributed by atoms with van der Waals surface area (Å²) in [4.78, 5) is 1.21. The molecule has 1 aliphatic rings. The van der Waals surface area contributed by atoms with E-state index in [9.17, 15) is 0 Å². The number of methoxy groups -OCH3 is 1. The minimum Gasteiger partial charge on any atom is -0.497 e. The number of nitrogens with zero attached hydrogens (tertiary/aromatic N) is 1. The highest BCUT2D eigenvalue weighted by Crippen LogP contribution is 2.37. The standard InChI is InChI=1S/C22H20N2OS/c1-16(17-7-4-3-5-8-17)24-21(18-10-12-19(25-2)13-11-18)15-20(23-24)22-9-6-14-26-22/h3-15,21,23H,1H2,2H3. The summed E-state index contributed by atoms with van der Waals surface area (Å²) in [5.74, 6) is 0.857. The quantitative estimate of drug-likeness (QED) is 0.665. The largest absolute Gasteiger partial charge is 0.497 e. The van der Waals surface area contributed by atoms with Gasteiger partial charge in [0.25, 0.3) is 0 Å². The van der Waals surface area contributed by atoms with Gasteiger partial charge in [0, 0.05) is 0 Å². The molecular weight excluding hydrogens is 340 g/mol. The van der Waals surface area contributed by atoms with Gasteiger partial charge in [-0.15, -0.1) is 11.3 Å². The van der Waals surface area contributed by atoms with Crippen molar-refractivity contribution in [3.63, 3.8) is 0 Å². The zero-order chi connectivity index (χ0) is 17.9. The van der Waals surface area contributed by atoms with Crippen LogP contribution in [0.5, 0.6) is 5.75 Å². The summed E-state index contributed by atoms with van der Waals surface area (Å²) in [6.07, 6.45) is 2.25. The van der Waals surface area contributed by atoms with Crippen molar-refractivity contribution in [3.05, 3.63) is 101 Å². The highest BCUT2D eigenvalue weighted by atomic mass is 32.1. The van der Waals surface area contributed by atoms with Gasteiger partial charge in [-0.25, -0.2) is 0 Å². The summed E-state index contributed by atoms with van der Waals surface area (Å²) >= 11 is 1.73. The molecule has 4 rings (SSSR count). The SMILES string of the molecule is C=C(c1ccccc1)N1NC(c2cccs2)=CC1c1ccc(OC)cc1. The summed E-state index contributed by atoms with van der Waals surface area (Å²) in [6, 6.07) is 22.7. The Bertz CT molecular complexity index is 915. The number of nitrogens with one attached hydrogen (secondary N) is 1. The fourth-order valence-electron chi connectivity index (χ4n) is 3.09. The number of hydrazine groups is 1. The first-order chi connectivity index (χ1) is 12.8. The highest BCUT2D eigenvalue weighted by molar-refractivity contribution is 7.11. The molecule has 26 heavy (non-hydrogen) atoms. The van der Waals surface area contributed by atoms with Crippen molar-refractivity contribution in [2.75, 3.05) is 7.11 Å². The van der Waals surface area contributed by atoms with Crippen LogP contribution in [-0.4, -0.2) is 12.1 Å². The average Bonchev–Trinajstić information content (AvgIpc) is 3.38. The Kier molecular flexibility index (Phi) is 4.50. The third-order valence-electron chi connectivity index (χ3n) is 4.49. The Labute approximate surface area is 157 Å². The number of thiophene rings is 1. The zero-order valence-corrected chi connectivity index (χ0v) is 15.4. The maximum absolute atomic E-state index is 5.29. The van der Waals surface area contributed by atoms with Gasteiger partial charge >= 0.3 is 0 Å². The zero-order valence-electron chi connectivity index (χ0n) is 14.6. The molecule has 0 saturated heterocycles. The first-order valence-corrected chi connectivity index (χ1v) is 9.34. The summed E-state index contributed by atoms with van der Waals surface area (Å²) in [5.41, 5.74) is 7.87. The first kappa shape index (κ1) is 16.5.